The summed E-state index contributed by atoms with van der Waals surface area (Å²) in [5.74, 6) is 0.00533. The van der Waals surface area contributed by atoms with Crippen LogP contribution < -0.4 is 5.32 Å². The summed E-state index contributed by atoms with van der Waals surface area (Å²) in [5, 5.41) is 7.69. The number of aryl methyl sites for hydroxylation is 1. The highest BCUT2D eigenvalue weighted by Gasteiger charge is 2.27. The zero-order valence-corrected chi connectivity index (χ0v) is 17.0. The molecule has 2 aromatic carbocycles. The van der Waals surface area contributed by atoms with Gasteiger partial charge in [-0.25, -0.2) is 13.1 Å². The smallest absolute Gasteiger partial charge is 0.255 e. The molecule has 0 spiro atoms. The molecule has 0 bridgehead atoms. The number of para-hydroxylation sites is 1. The highest BCUT2D eigenvalue weighted by atomic mass is 32.2. The summed E-state index contributed by atoms with van der Waals surface area (Å²) in [6.07, 6.45) is 2.63. The fraction of sp³-hybridized carbons (Fsp3) is 0.273. The molecule has 0 aliphatic carbocycles. The number of hydrogen-bond donors (Lipinski definition) is 1. The van der Waals surface area contributed by atoms with E-state index in [1.807, 2.05) is 61.5 Å². The van der Waals surface area contributed by atoms with Crippen LogP contribution in [0, 0.1) is 6.92 Å². The first-order valence-electron chi connectivity index (χ1n) is 9.65. The Morgan fingerprint density at radius 1 is 1.07 bits per heavy atom. The Balaban J connectivity index is 1.67. The molecule has 4 rings (SSSR count). The summed E-state index contributed by atoms with van der Waals surface area (Å²) in [4.78, 5) is 13.1. The molecule has 7 heteroatoms. The first kappa shape index (κ1) is 19.4. The van der Waals surface area contributed by atoms with Crippen LogP contribution in [0.25, 0.3) is 16.9 Å². The number of aromatic nitrogens is 2. The maximum absolute atomic E-state index is 13.1. The molecule has 1 aromatic heterocycles. The number of nitrogens with zero attached hydrogens (tertiary/aromatic N) is 2. The van der Waals surface area contributed by atoms with E-state index >= 15 is 0 Å². The van der Waals surface area contributed by atoms with Crippen LogP contribution in [-0.2, 0) is 9.84 Å². The van der Waals surface area contributed by atoms with Gasteiger partial charge >= 0.3 is 0 Å². The van der Waals surface area contributed by atoms with Gasteiger partial charge in [-0.1, -0.05) is 42.0 Å². The second kappa shape index (κ2) is 7.83. The Kier molecular flexibility index (Phi) is 5.24. The Hall–Kier alpha value is -2.93. The van der Waals surface area contributed by atoms with Crippen LogP contribution in [0.5, 0.6) is 0 Å². The normalized spacial score (nSPS) is 16.4. The molecule has 150 valence electrons. The van der Waals surface area contributed by atoms with Crippen molar-refractivity contribution < 1.29 is 13.2 Å². The minimum atomic E-state index is -2.97. The molecule has 0 saturated carbocycles. The molecular weight excluding hydrogens is 386 g/mol. The van der Waals surface area contributed by atoms with Crippen LogP contribution in [0.4, 0.5) is 0 Å². The second-order valence-corrected chi connectivity index (χ2v) is 9.74. The fourth-order valence-corrected chi connectivity index (χ4v) is 5.05. The molecule has 0 radical (unpaired) electrons. The highest BCUT2D eigenvalue weighted by Crippen LogP contribution is 2.25. The maximum Gasteiger partial charge on any atom is 0.255 e. The van der Waals surface area contributed by atoms with Gasteiger partial charge < -0.3 is 5.32 Å². The van der Waals surface area contributed by atoms with Gasteiger partial charge in [0.25, 0.3) is 5.91 Å². The van der Waals surface area contributed by atoms with E-state index in [0.717, 1.165) is 16.8 Å². The molecule has 0 atom stereocenters. The minimum Gasteiger partial charge on any atom is -0.349 e. The number of benzene rings is 2. The number of carbonyl (C=O) groups is 1. The average Bonchev–Trinajstić information content (AvgIpc) is 3.16. The van der Waals surface area contributed by atoms with Crippen molar-refractivity contribution in [3.05, 3.63) is 71.9 Å². The monoisotopic (exact) mass is 409 g/mol. The molecule has 2 heterocycles. The topological polar surface area (TPSA) is 81.1 Å². The summed E-state index contributed by atoms with van der Waals surface area (Å²) in [6.45, 7) is 2.00. The van der Waals surface area contributed by atoms with Gasteiger partial charge in [-0.15, -0.1) is 0 Å². The van der Waals surface area contributed by atoms with Crippen LogP contribution in [-0.4, -0.2) is 41.7 Å². The van der Waals surface area contributed by atoms with E-state index < -0.39 is 9.84 Å². The lowest BCUT2D eigenvalue weighted by Crippen LogP contribution is -2.40. The number of carbonyl (C=O) groups excluding carboxylic acids is 1. The molecule has 1 saturated heterocycles. The van der Waals surface area contributed by atoms with Gasteiger partial charge in [-0.05, 0) is 38.0 Å². The first-order valence-corrected chi connectivity index (χ1v) is 11.5. The molecule has 1 N–H and O–H groups in total. The molecule has 3 aromatic rings. The number of amides is 1. The third-order valence-electron chi connectivity index (χ3n) is 5.16. The molecule has 6 nitrogen and oxygen atoms in total. The molecule has 1 amide bonds. The Labute approximate surface area is 170 Å². The van der Waals surface area contributed by atoms with Gasteiger partial charge in [-0.3, -0.25) is 4.79 Å². The number of hydrogen-bond acceptors (Lipinski definition) is 4. The van der Waals surface area contributed by atoms with E-state index in [1.54, 1.807) is 10.9 Å². The second-order valence-electron chi connectivity index (χ2n) is 7.44. The van der Waals surface area contributed by atoms with Gasteiger partial charge in [0, 0.05) is 17.8 Å². The Morgan fingerprint density at radius 2 is 1.79 bits per heavy atom. The summed E-state index contributed by atoms with van der Waals surface area (Å²) in [7, 11) is -2.97. The van der Waals surface area contributed by atoms with Crippen molar-refractivity contribution in [2.75, 3.05) is 11.5 Å². The lowest BCUT2D eigenvalue weighted by molar-refractivity contribution is 0.0935. The first-order chi connectivity index (χ1) is 13.9. The van der Waals surface area contributed by atoms with Gasteiger partial charge in [0.05, 0.1) is 22.8 Å². The molecular formula is C22H23N3O3S. The van der Waals surface area contributed by atoms with Crippen LogP contribution in [0.15, 0.2) is 60.8 Å². The largest absolute Gasteiger partial charge is 0.349 e. The van der Waals surface area contributed by atoms with Gasteiger partial charge in [0.15, 0.2) is 0 Å². The Morgan fingerprint density at radius 3 is 2.48 bits per heavy atom. The Bertz CT molecular complexity index is 1120. The summed E-state index contributed by atoms with van der Waals surface area (Å²) < 4.78 is 25.0. The molecule has 1 aliphatic rings. The van der Waals surface area contributed by atoms with E-state index in [1.165, 1.54) is 0 Å². The van der Waals surface area contributed by atoms with Crippen LogP contribution >= 0.6 is 0 Å². The lowest BCUT2D eigenvalue weighted by atomic mass is 10.0. The van der Waals surface area contributed by atoms with E-state index in [0.29, 0.717) is 24.1 Å². The predicted molar refractivity (Wildman–Crippen MR) is 113 cm³/mol. The number of nitrogens with one attached hydrogen (secondary N) is 1. The van der Waals surface area contributed by atoms with E-state index in [4.69, 9.17) is 0 Å². The zero-order valence-electron chi connectivity index (χ0n) is 16.2. The summed E-state index contributed by atoms with van der Waals surface area (Å²) in [5.41, 5.74) is 3.91. The molecule has 1 aliphatic heterocycles. The standard InChI is InChI=1S/C22H23N3O3S/c1-16-6-5-7-17(14-16)21-20(15-25(24-21)19-8-3-2-4-9-19)22(26)23-18-10-12-29(27,28)13-11-18/h2-9,14-15,18H,10-13H2,1H3,(H,23,26). The minimum absolute atomic E-state index is 0.117. The quantitative estimate of drug-likeness (QED) is 0.718. The molecule has 1 fully saturated rings. The maximum atomic E-state index is 13.1. The van der Waals surface area contributed by atoms with Crippen LogP contribution in [0.1, 0.15) is 28.8 Å². The van der Waals surface area contributed by atoms with Crippen molar-refractivity contribution in [3.8, 4) is 16.9 Å². The molecule has 0 unspecified atom stereocenters. The zero-order chi connectivity index (χ0) is 20.4. The number of sulfone groups is 1. The highest BCUT2D eigenvalue weighted by molar-refractivity contribution is 7.91. The van der Waals surface area contributed by atoms with Crippen molar-refractivity contribution in [2.24, 2.45) is 0 Å². The van der Waals surface area contributed by atoms with E-state index in [-0.39, 0.29) is 23.5 Å². The van der Waals surface area contributed by atoms with Crippen molar-refractivity contribution in [2.45, 2.75) is 25.8 Å². The van der Waals surface area contributed by atoms with Crippen LogP contribution in [0.2, 0.25) is 0 Å². The third kappa shape index (κ3) is 4.40. The van der Waals surface area contributed by atoms with Crippen molar-refractivity contribution in [1.29, 1.82) is 0 Å². The van der Waals surface area contributed by atoms with Crippen molar-refractivity contribution in [3.63, 3.8) is 0 Å². The molecule has 29 heavy (non-hydrogen) atoms. The average molecular weight is 410 g/mol. The number of rotatable bonds is 4. The van der Waals surface area contributed by atoms with Gasteiger partial charge in [0.2, 0.25) is 0 Å². The van der Waals surface area contributed by atoms with E-state index in [9.17, 15) is 13.2 Å². The lowest BCUT2D eigenvalue weighted by Gasteiger charge is -2.22. The van der Waals surface area contributed by atoms with Gasteiger partial charge in [-0.2, -0.15) is 5.10 Å². The van der Waals surface area contributed by atoms with E-state index in [2.05, 4.69) is 10.4 Å². The fourth-order valence-electron chi connectivity index (χ4n) is 3.56. The summed E-state index contributed by atoms with van der Waals surface area (Å²) in [6, 6.07) is 17.4. The SMILES string of the molecule is Cc1cccc(-c2nn(-c3ccccc3)cc2C(=O)NC2CCS(=O)(=O)CC2)c1. The van der Waals surface area contributed by atoms with Gasteiger partial charge in [0.1, 0.15) is 15.5 Å². The van der Waals surface area contributed by atoms with Crippen molar-refractivity contribution in [1.82, 2.24) is 15.1 Å². The predicted octanol–water partition coefficient (Wildman–Crippen LogP) is 3.15. The van der Waals surface area contributed by atoms with Crippen LogP contribution in [0.3, 0.4) is 0 Å². The third-order valence-corrected chi connectivity index (χ3v) is 6.88. The summed E-state index contributed by atoms with van der Waals surface area (Å²) >= 11 is 0. The van der Waals surface area contributed by atoms with Crippen molar-refractivity contribution >= 4 is 15.7 Å².